The molecule has 0 saturated heterocycles. The van der Waals surface area contributed by atoms with E-state index in [4.69, 9.17) is 5.26 Å². The van der Waals surface area contributed by atoms with Crippen molar-refractivity contribution >= 4 is 15.7 Å². The zero-order valence-electron chi connectivity index (χ0n) is 12.2. The first-order chi connectivity index (χ1) is 9.86. The Morgan fingerprint density at radius 3 is 2.38 bits per heavy atom. The third-order valence-corrected chi connectivity index (χ3v) is 5.12. The molecule has 0 spiro atoms. The molecule has 0 aromatic heterocycles. The maximum absolute atomic E-state index is 12.6. The largest absolute Gasteiger partial charge is 0.269 e. The molecule has 0 amide bonds. The molecule has 0 aliphatic rings. The van der Waals surface area contributed by atoms with Crippen molar-refractivity contribution in [1.82, 2.24) is 0 Å². The van der Waals surface area contributed by atoms with Gasteiger partial charge in [0.25, 0.3) is 10.0 Å². The van der Waals surface area contributed by atoms with Crippen molar-refractivity contribution in [3.8, 4) is 6.07 Å². The zero-order valence-corrected chi connectivity index (χ0v) is 13.0. The minimum atomic E-state index is -3.63. The van der Waals surface area contributed by atoms with Gasteiger partial charge in [0.15, 0.2) is 0 Å². The van der Waals surface area contributed by atoms with Crippen molar-refractivity contribution in [3.05, 3.63) is 59.2 Å². The summed E-state index contributed by atoms with van der Waals surface area (Å²) in [5.41, 5.74) is 2.73. The lowest BCUT2D eigenvalue weighted by molar-refractivity contribution is 0.594. The molecule has 5 heteroatoms. The Morgan fingerprint density at radius 2 is 1.81 bits per heavy atom. The second-order valence-corrected chi connectivity index (χ2v) is 6.87. The van der Waals surface area contributed by atoms with Gasteiger partial charge in [-0.25, -0.2) is 8.42 Å². The molecule has 0 heterocycles. The number of anilines is 1. The lowest BCUT2D eigenvalue weighted by Crippen LogP contribution is -2.26. The summed E-state index contributed by atoms with van der Waals surface area (Å²) in [5, 5.41) is 8.92. The average molecular weight is 300 g/mol. The van der Waals surface area contributed by atoms with E-state index in [-0.39, 0.29) is 4.90 Å². The Morgan fingerprint density at radius 1 is 1.10 bits per heavy atom. The molecular weight excluding hydrogens is 284 g/mol. The van der Waals surface area contributed by atoms with Crippen LogP contribution >= 0.6 is 0 Å². The van der Waals surface area contributed by atoms with Crippen LogP contribution in [0, 0.1) is 25.2 Å². The van der Waals surface area contributed by atoms with Gasteiger partial charge >= 0.3 is 0 Å². The Labute approximate surface area is 125 Å². The fraction of sp³-hybridized carbons (Fsp3) is 0.188. The summed E-state index contributed by atoms with van der Waals surface area (Å²) in [7, 11) is -2.11. The van der Waals surface area contributed by atoms with Crippen LogP contribution in [0.3, 0.4) is 0 Å². The number of hydrogen-bond donors (Lipinski definition) is 0. The van der Waals surface area contributed by atoms with Crippen molar-refractivity contribution in [2.24, 2.45) is 0 Å². The molecule has 0 saturated carbocycles. The molecule has 0 bridgehead atoms. The topological polar surface area (TPSA) is 61.2 Å². The Bertz CT molecular complexity index is 820. The van der Waals surface area contributed by atoms with Crippen LogP contribution in [0.15, 0.2) is 47.4 Å². The fourth-order valence-corrected chi connectivity index (χ4v) is 3.32. The summed E-state index contributed by atoms with van der Waals surface area (Å²) in [5.74, 6) is 0. The molecule has 0 aliphatic heterocycles. The van der Waals surface area contributed by atoms with Crippen molar-refractivity contribution in [1.29, 1.82) is 5.26 Å². The molecule has 0 aliphatic carbocycles. The van der Waals surface area contributed by atoms with Crippen LogP contribution < -0.4 is 4.31 Å². The average Bonchev–Trinajstić information content (AvgIpc) is 2.46. The first kappa shape index (κ1) is 15.1. The van der Waals surface area contributed by atoms with Crippen molar-refractivity contribution in [2.45, 2.75) is 18.7 Å². The van der Waals surface area contributed by atoms with Crippen LogP contribution in [-0.2, 0) is 10.0 Å². The van der Waals surface area contributed by atoms with E-state index in [9.17, 15) is 8.42 Å². The molecule has 2 aromatic rings. The zero-order chi connectivity index (χ0) is 15.6. The van der Waals surface area contributed by atoms with Gasteiger partial charge in [-0.3, -0.25) is 4.31 Å². The fourth-order valence-electron chi connectivity index (χ4n) is 2.04. The molecule has 0 atom stereocenters. The van der Waals surface area contributed by atoms with Crippen LogP contribution in [-0.4, -0.2) is 15.5 Å². The highest BCUT2D eigenvalue weighted by Gasteiger charge is 2.21. The smallest absolute Gasteiger partial charge is 0.264 e. The van der Waals surface area contributed by atoms with Gasteiger partial charge in [0.05, 0.1) is 22.2 Å². The number of aryl methyl sites for hydroxylation is 2. The van der Waals surface area contributed by atoms with Crippen LogP contribution in [0.4, 0.5) is 5.69 Å². The molecule has 0 N–H and O–H groups in total. The highest BCUT2D eigenvalue weighted by molar-refractivity contribution is 7.92. The third kappa shape index (κ3) is 2.91. The number of nitrogens with zero attached hydrogens (tertiary/aromatic N) is 2. The molecule has 2 rings (SSSR count). The Balaban J connectivity index is 2.47. The standard InChI is InChI=1S/C16H16N2O2S/c1-12-5-4-6-15(9-12)18(3)21(19,20)16-8-7-14(11-17)13(2)10-16/h4-10H,1-3H3. The van der Waals surface area contributed by atoms with E-state index in [2.05, 4.69) is 0 Å². The normalized spacial score (nSPS) is 11.0. The second-order valence-electron chi connectivity index (χ2n) is 4.90. The van der Waals surface area contributed by atoms with Gasteiger partial charge in [-0.05, 0) is 55.3 Å². The molecule has 0 radical (unpaired) electrons. The van der Waals surface area contributed by atoms with Gasteiger partial charge in [0.1, 0.15) is 0 Å². The summed E-state index contributed by atoms with van der Waals surface area (Å²) < 4.78 is 26.5. The highest BCUT2D eigenvalue weighted by atomic mass is 32.2. The van der Waals surface area contributed by atoms with Crippen LogP contribution in [0.2, 0.25) is 0 Å². The van der Waals surface area contributed by atoms with Gasteiger partial charge in [0.2, 0.25) is 0 Å². The summed E-state index contributed by atoms with van der Waals surface area (Å²) in [6, 6.07) is 13.9. The highest BCUT2D eigenvalue weighted by Crippen LogP contribution is 2.24. The van der Waals surface area contributed by atoms with Crippen LogP contribution in [0.25, 0.3) is 0 Å². The molecule has 4 nitrogen and oxygen atoms in total. The first-order valence-corrected chi connectivity index (χ1v) is 7.86. The Hall–Kier alpha value is -2.32. The SMILES string of the molecule is Cc1cccc(N(C)S(=O)(=O)c2ccc(C#N)c(C)c2)c1. The van der Waals surface area contributed by atoms with E-state index in [1.165, 1.54) is 29.6 Å². The first-order valence-electron chi connectivity index (χ1n) is 6.42. The molecule has 0 unspecified atom stereocenters. The number of rotatable bonds is 3. The maximum Gasteiger partial charge on any atom is 0.264 e. The summed E-state index contributed by atoms with van der Waals surface area (Å²) in [6.07, 6.45) is 0. The van der Waals surface area contributed by atoms with E-state index in [0.717, 1.165) is 5.56 Å². The summed E-state index contributed by atoms with van der Waals surface area (Å²) in [4.78, 5) is 0.183. The summed E-state index contributed by atoms with van der Waals surface area (Å²) >= 11 is 0. The summed E-state index contributed by atoms with van der Waals surface area (Å²) in [6.45, 7) is 3.64. The number of sulfonamides is 1. The minimum absolute atomic E-state index is 0.183. The molecule has 2 aromatic carbocycles. The Kier molecular flexibility index (Phi) is 4.01. The van der Waals surface area contributed by atoms with E-state index in [1.807, 2.05) is 31.2 Å². The van der Waals surface area contributed by atoms with E-state index in [0.29, 0.717) is 16.8 Å². The monoisotopic (exact) mass is 300 g/mol. The molecule has 21 heavy (non-hydrogen) atoms. The van der Waals surface area contributed by atoms with Gasteiger partial charge < -0.3 is 0 Å². The van der Waals surface area contributed by atoms with Gasteiger partial charge in [-0.2, -0.15) is 5.26 Å². The van der Waals surface area contributed by atoms with E-state index in [1.54, 1.807) is 13.0 Å². The quantitative estimate of drug-likeness (QED) is 0.875. The minimum Gasteiger partial charge on any atom is -0.269 e. The van der Waals surface area contributed by atoms with Crippen molar-refractivity contribution < 1.29 is 8.42 Å². The van der Waals surface area contributed by atoms with E-state index < -0.39 is 10.0 Å². The van der Waals surface area contributed by atoms with E-state index >= 15 is 0 Å². The lowest BCUT2D eigenvalue weighted by Gasteiger charge is -2.20. The molecule has 108 valence electrons. The third-order valence-electron chi connectivity index (χ3n) is 3.34. The van der Waals surface area contributed by atoms with Gasteiger partial charge in [-0.1, -0.05) is 12.1 Å². The maximum atomic E-state index is 12.6. The van der Waals surface area contributed by atoms with Crippen molar-refractivity contribution in [2.75, 3.05) is 11.4 Å². The predicted molar refractivity (Wildman–Crippen MR) is 82.7 cm³/mol. The number of benzene rings is 2. The second kappa shape index (κ2) is 5.58. The van der Waals surface area contributed by atoms with Gasteiger partial charge in [-0.15, -0.1) is 0 Å². The van der Waals surface area contributed by atoms with Crippen LogP contribution in [0.1, 0.15) is 16.7 Å². The van der Waals surface area contributed by atoms with Crippen LogP contribution in [0.5, 0.6) is 0 Å². The van der Waals surface area contributed by atoms with Crippen molar-refractivity contribution in [3.63, 3.8) is 0 Å². The predicted octanol–water partition coefficient (Wildman–Crippen LogP) is 3.00. The van der Waals surface area contributed by atoms with Gasteiger partial charge in [0, 0.05) is 7.05 Å². The lowest BCUT2D eigenvalue weighted by atomic mass is 10.1. The number of hydrogen-bond acceptors (Lipinski definition) is 3. The molecule has 0 fully saturated rings. The molecular formula is C16H16N2O2S. The number of nitriles is 1.